The largest absolute Gasteiger partial charge is 0.369 e. The van der Waals surface area contributed by atoms with E-state index in [1.54, 1.807) is 5.01 Å². The third-order valence-corrected chi connectivity index (χ3v) is 7.68. The molecule has 3 aromatic rings. The van der Waals surface area contributed by atoms with E-state index in [0.29, 0.717) is 6.54 Å². The van der Waals surface area contributed by atoms with Crippen molar-refractivity contribution >= 4 is 23.3 Å². The zero-order chi connectivity index (χ0) is 28.1. The van der Waals surface area contributed by atoms with Gasteiger partial charge < -0.3 is 10.2 Å². The molecule has 2 aliphatic rings. The average molecular weight is 541 g/mol. The molecule has 2 heterocycles. The van der Waals surface area contributed by atoms with Crippen molar-refractivity contribution in [3.63, 3.8) is 0 Å². The molecule has 0 spiro atoms. The number of hydrazine groups is 1. The number of hydrogen-bond donors (Lipinski definition) is 2. The Morgan fingerprint density at radius 2 is 1.48 bits per heavy atom. The summed E-state index contributed by atoms with van der Waals surface area (Å²) in [6.45, 7) is 10.0. The standard InChI is InChI=1S/C32H40N6O2/c1-4-19-33-31(39)29(25-11-7-5-8-12-25)36-22-20-35(21-23-36)27-15-17-28(18-16-27)38-32(40)37(24(2)3)30(34-38)26-13-9-6-10-14-26/h5-18,24,29-30,34H,4,19-23H2,1-3H3,(H,33,39). The van der Waals surface area contributed by atoms with Gasteiger partial charge >= 0.3 is 6.03 Å². The number of nitrogens with one attached hydrogen (secondary N) is 2. The van der Waals surface area contributed by atoms with E-state index in [1.165, 1.54) is 0 Å². The average Bonchev–Trinajstić information content (AvgIpc) is 3.35. The van der Waals surface area contributed by atoms with Gasteiger partial charge in [-0.3, -0.25) is 14.6 Å². The number of benzene rings is 3. The monoisotopic (exact) mass is 540 g/mol. The molecule has 0 aromatic heterocycles. The molecule has 2 saturated heterocycles. The van der Waals surface area contributed by atoms with Gasteiger partial charge in [-0.1, -0.05) is 67.6 Å². The Balaban J connectivity index is 1.26. The van der Waals surface area contributed by atoms with Gasteiger partial charge in [-0.05, 0) is 55.7 Å². The molecule has 210 valence electrons. The number of urea groups is 1. The highest BCUT2D eigenvalue weighted by Crippen LogP contribution is 2.32. The van der Waals surface area contributed by atoms with E-state index in [0.717, 1.165) is 55.1 Å². The second-order valence-electron chi connectivity index (χ2n) is 10.7. The van der Waals surface area contributed by atoms with Crippen molar-refractivity contribution in [3.8, 4) is 0 Å². The number of nitrogens with zero attached hydrogens (tertiary/aromatic N) is 4. The van der Waals surface area contributed by atoms with Gasteiger partial charge in [-0.25, -0.2) is 9.80 Å². The van der Waals surface area contributed by atoms with Crippen LogP contribution in [0.25, 0.3) is 0 Å². The molecular formula is C32H40N6O2. The molecule has 2 fully saturated rings. The number of anilines is 2. The summed E-state index contributed by atoms with van der Waals surface area (Å²) in [7, 11) is 0. The van der Waals surface area contributed by atoms with Gasteiger partial charge in [0.1, 0.15) is 12.2 Å². The predicted molar refractivity (Wildman–Crippen MR) is 160 cm³/mol. The van der Waals surface area contributed by atoms with Gasteiger partial charge in [0, 0.05) is 44.5 Å². The second kappa shape index (κ2) is 12.5. The van der Waals surface area contributed by atoms with E-state index in [4.69, 9.17) is 0 Å². The molecule has 3 aromatic carbocycles. The Kier molecular flexibility index (Phi) is 8.67. The second-order valence-corrected chi connectivity index (χ2v) is 10.7. The summed E-state index contributed by atoms with van der Waals surface area (Å²) in [4.78, 5) is 33.0. The van der Waals surface area contributed by atoms with Gasteiger partial charge in [0.2, 0.25) is 5.91 Å². The van der Waals surface area contributed by atoms with Crippen LogP contribution in [0.1, 0.15) is 50.5 Å². The predicted octanol–water partition coefficient (Wildman–Crippen LogP) is 4.93. The summed E-state index contributed by atoms with van der Waals surface area (Å²) in [6.07, 6.45) is 0.700. The van der Waals surface area contributed by atoms with Crippen molar-refractivity contribution in [2.24, 2.45) is 0 Å². The van der Waals surface area contributed by atoms with Crippen LogP contribution in [-0.2, 0) is 4.79 Å². The summed E-state index contributed by atoms with van der Waals surface area (Å²) in [5.41, 5.74) is 7.42. The quantitative estimate of drug-likeness (QED) is 0.403. The number of amides is 3. The van der Waals surface area contributed by atoms with Crippen molar-refractivity contribution < 1.29 is 9.59 Å². The van der Waals surface area contributed by atoms with Gasteiger partial charge in [-0.2, -0.15) is 5.43 Å². The zero-order valence-corrected chi connectivity index (χ0v) is 23.7. The zero-order valence-electron chi connectivity index (χ0n) is 23.7. The van der Waals surface area contributed by atoms with Gasteiger partial charge in [-0.15, -0.1) is 0 Å². The fraction of sp³-hybridized carbons (Fsp3) is 0.375. The van der Waals surface area contributed by atoms with Crippen LogP contribution in [-0.4, -0.2) is 60.5 Å². The third kappa shape index (κ3) is 5.83. The third-order valence-electron chi connectivity index (χ3n) is 7.68. The lowest BCUT2D eigenvalue weighted by Gasteiger charge is -2.39. The minimum absolute atomic E-state index is 0.0505. The van der Waals surface area contributed by atoms with Gasteiger partial charge in [0.05, 0.1) is 5.69 Å². The Labute approximate surface area is 237 Å². The van der Waals surface area contributed by atoms with E-state index in [2.05, 4.69) is 39.6 Å². The van der Waals surface area contributed by atoms with Crippen LogP contribution in [0.5, 0.6) is 0 Å². The highest BCUT2D eigenvalue weighted by Gasteiger charge is 2.40. The highest BCUT2D eigenvalue weighted by atomic mass is 16.2. The number of carbonyl (C=O) groups is 2. The van der Waals surface area contributed by atoms with Gasteiger partial charge in [0.25, 0.3) is 0 Å². The van der Waals surface area contributed by atoms with Crippen LogP contribution in [0.2, 0.25) is 0 Å². The molecular weight excluding hydrogens is 500 g/mol. The smallest absolute Gasteiger partial charge is 0.340 e. The molecule has 40 heavy (non-hydrogen) atoms. The van der Waals surface area contributed by atoms with Crippen LogP contribution in [0.15, 0.2) is 84.9 Å². The summed E-state index contributed by atoms with van der Waals surface area (Å²) in [6, 6.07) is 28.0. The molecule has 0 bridgehead atoms. The Morgan fingerprint density at radius 3 is 2.08 bits per heavy atom. The van der Waals surface area contributed by atoms with Crippen molar-refractivity contribution in [3.05, 3.63) is 96.1 Å². The molecule has 2 unspecified atom stereocenters. The molecule has 3 amide bonds. The normalized spacial score (nSPS) is 18.9. The topological polar surface area (TPSA) is 71.2 Å². The van der Waals surface area contributed by atoms with Crippen LogP contribution >= 0.6 is 0 Å². The number of piperazine rings is 1. The number of rotatable bonds is 9. The maximum absolute atomic E-state index is 13.4. The lowest BCUT2D eigenvalue weighted by atomic mass is 10.0. The van der Waals surface area contributed by atoms with Crippen molar-refractivity contribution in [1.29, 1.82) is 0 Å². The van der Waals surface area contributed by atoms with Crippen LogP contribution in [0, 0.1) is 0 Å². The molecule has 0 aliphatic carbocycles. The summed E-state index contributed by atoms with van der Waals surface area (Å²) in [5, 5.41) is 4.75. The van der Waals surface area contributed by atoms with Crippen molar-refractivity contribution in [2.45, 2.75) is 45.4 Å². The minimum Gasteiger partial charge on any atom is -0.369 e. The van der Waals surface area contributed by atoms with E-state index >= 15 is 0 Å². The van der Waals surface area contributed by atoms with Crippen LogP contribution < -0.4 is 20.7 Å². The Hall–Kier alpha value is -3.88. The fourth-order valence-corrected chi connectivity index (χ4v) is 5.60. The molecule has 8 nitrogen and oxygen atoms in total. The lowest BCUT2D eigenvalue weighted by molar-refractivity contribution is -0.126. The molecule has 0 radical (unpaired) electrons. The van der Waals surface area contributed by atoms with E-state index in [1.807, 2.05) is 91.5 Å². The first-order chi connectivity index (χ1) is 19.5. The van der Waals surface area contributed by atoms with E-state index < -0.39 is 0 Å². The lowest BCUT2D eigenvalue weighted by Crippen LogP contribution is -2.51. The minimum atomic E-state index is -0.286. The van der Waals surface area contributed by atoms with Crippen LogP contribution in [0.3, 0.4) is 0 Å². The molecule has 8 heteroatoms. The van der Waals surface area contributed by atoms with Gasteiger partial charge in [0.15, 0.2) is 0 Å². The Bertz CT molecular complexity index is 1260. The molecule has 0 saturated carbocycles. The van der Waals surface area contributed by atoms with E-state index in [9.17, 15) is 9.59 Å². The highest BCUT2D eigenvalue weighted by molar-refractivity contribution is 5.93. The molecule has 2 N–H and O–H groups in total. The van der Waals surface area contributed by atoms with Crippen LogP contribution in [0.4, 0.5) is 16.2 Å². The number of carbonyl (C=O) groups excluding carboxylic acids is 2. The van der Waals surface area contributed by atoms with Crippen molar-refractivity contribution in [2.75, 3.05) is 42.6 Å². The summed E-state index contributed by atoms with van der Waals surface area (Å²) in [5.74, 6) is 0.0675. The van der Waals surface area contributed by atoms with Crippen molar-refractivity contribution in [1.82, 2.24) is 20.5 Å². The molecule has 2 atom stereocenters. The Morgan fingerprint density at radius 1 is 0.875 bits per heavy atom. The number of hydrogen-bond acceptors (Lipinski definition) is 5. The first-order valence-electron chi connectivity index (χ1n) is 14.3. The first-order valence-corrected chi connectivity index (χ1v) is 14.3. The maximum Gasteiger partial charge on any atom is 0.340 e. The molecule has 2 aliphatic heterocycles. The maximum atomic E-state index is 13.4. The first kappa shape index (κ1) is 27.7. The SMILES string of the molecule is CCCNC(=O)C(c1ccccc1)N1CCN(c2ccc(N3NC(c4ccccc4)N(C(C)C)C3=O)cc2)CC1. The fourth-order valence-electron chi connectivity index (χ4n) is 5.60. The van der Waals surface area contributed by atoms with E-state index in [-0.39, 0.29) is 30.2 Å². The molecule has 5 rings (SSSR count). The summed E-state index contributed by atoms with van der Waals surface area (Å²) < 4.78 is 0. The summed E-state index contributed by atoms with van der Waals surface area (Å²) >= 11 is 0.